The van der Waals surface area contributed by atoms with E-state index >= 15 is 0 Å². The van der Waals surface area contributed by atoms with Crippen molar-refractivity contribution < 1.29 is 9.53 Å². The number of ether oxygens (including phenoxy) is 1. The first kappa shape index (κ1) is 19.0. The van der Waals surface area contributed by atoms with Gasteiger partial charge in [0, 0.05) is 6.54 Å². The highest BCUT2D eigenvalue weighted by Gasteiger charge is 2.10. The van der Waals surface area contributed by atoms with Crippen molar-refractivity contribution in [1.29, 1.82) is 0 Å². The van der Waals surface area contributed by atoms with Gasteiger partial charge in [-0.3, -0.25) is 4.79 Å². The molecule has 0 aliphatic rings. The average Bonchev–Trinajstić information content (AvgIpc) is 2.62. The maximum Gasteiger partial charge on any atom is 0.228 e. The standard InChI is InChI=1S/C21H28N2O2/c1-4-23(5-2)14-15-25-20-13-9-8-12-19(20)22-21(24)16-18-11-7-6-10-17(18)3/h6-13H,4-5,14-16H2,1-3H3,(H,22,24). The first-order chi connectivity index (χ1) is 12.1. The number of likely N-dealkylation sites (N-methyl/N-ethyl adjacent to an activating group) is 1. The van der Waals surface area contributed by atoms with Crippen molar-refractivity contribution in [3.63, 3.8) is 0 Å². The Balaban J connectivity index is 1.95. The fourth-order valence-corrected chi connectivity index (χ4v) is 2.70. The SMILES string of the molecule is CCN(CC)CCOc1ccccc1NC(=O)Cc1ccccc1C. The summed E-state index contributed by atoms with van der Waals surface area (Å²) in [6.45, 7) is 9.80. The molecular formula is C21H28N2O2. The van der Waals surface area contributed by atoms with Crippen LogP contribution in [0.3, 0.4) is 0 Å². The minimum atomic E-state index is -0.0332. The Labute approximate surface area is 150 Å². The number of nitrogens with zero attached hydrogens (tertiary/aromatic N) is 1. The summed E-state index contributed by atoms with van der Waals surface area (Å²) in [5.41, 5.74) is 2.89. The summed E-state index contributed by atoms with van der Waals surface area (Å²) in [7, 11) is 0. The number of para-hydroxylation sites is 2. The van der Waals surface area contributed by atoms with E-state index in [1.165, 1.54) is 0 Å². The molecule has 25 heavy (non-hydrogen) atoms. The molecule has 0 bridgehead atoms. The van der Waals surface area contributed by atoms with Gasteiger partial charge in [0.1, 0.15) is 12.4 Å². The molecule has 0 atom stereocenters. The van der Waals surface area contributed by atoms with E-state index in [2.05, 4.69) is 24.1 Å². The second-order valence-corrected chi connectivity index (χ2v) is 6.02. The number of benzene rings is 2. The van der Waals surface area contributed by atoms with Crippen molar-refractivity contribution in [2.45, 2.75) is 27.2 Å². The molecule has 0 aliphatic heterocycles. The number of carbonyl (C=O) groups is 1. The van der Waals surface area contributed by atoms with Gasteiger partial charge >= 0.3 is 0 Å². The number of hydrogen-bond donors (Lipinski definition) is 1. The van der Waals surface area contributed by atoms with Crippen LogP contribution >= 0.6 is 0 Å². The van der Waals surface area contributed by atoms with Crippen LogP contribution in [0.4, 0.5) is 5.69 Å². The summed E-state index contributed by atoms with van der Waals surface area (Å²) in [5.74, 6) is 0.682. The van der Waals surface area contributed by atoms with Crippen LogP contribution in [0.15, 0.2) is 48.5 Å². The van der Waals surface area contributed by atoms with Gasteiger partial charge in [-0.1, -0.05) is 50.2 Å². The zero-order valence-corrected chi connectivity index (χ0v) is 15.4. The molecule has 134 valence electrons. The van der Waals surface area contributed by atoms with Crippen molar-refractivity contribution in [3.8, 4) is 5.75 Å². The lowest BCUT2D eigenvalue weighted by molar-refractivity contribution is -0.115. The third kappa shape index (κ3) is 5.91. The van der Waals surface area contributed by atoms with Crippen LogP contribution in [0, 0.1) is 6.92 Å². The predicted molar refractivity (Wildman–Crippen MR) is 103 cm³/mol. The van der Waals surface area contributed by atoms with Crippen LogP contribution in [0.25, 0.3) is 0 Å². The summed E-state index contributed by atoms with van der Waals surface area (Å²) >= 11 is 0. The van der Waals surface area contributed by atoms with E-state index in [1.54, 1.807) is 0 Å². The van der Waals surface area contributed by atoms with Gasteiger partial charge in [0.25, 0.3) is 0 Å². The second-order valence-electron chi connectivity index (χ2n) is 6.02. The molecule has 2 rings (SSSR count). The predicted octanol–water partition coefficient (Wildman–Crippen LogP) is 3.90. The van der Waals surface area contributed by atoms with E-state index in [9.17, 15) is 4.79 Å². The third-order valence-electron chi connectivity index (χ3n) is 4.33. The van der Waals surface area contributed by atoms with Crippen LogP contribution in [-0.2, 0) is 11.2 Å². The summed E-state index contributed by atoms with van der Waals surface area (Å²) in [4.78, 5) is 14.7. The van der Waals surface area contributed by atoms with Crippen molar-refractivity contribution in [3.05, 3.63) is 59.7 Å². The van der Waals surface area contributed by atoms with E-state index in [0.717, 1.165) is 36.4 Å². The van der Waals surface area contributed by atoms with E-state index in [1.807, 2.05) is 55.5 Å². The molecule has 0 heterocycles. The number of carbonyl (C=O) groups excluding carboxylic acids is 1. The molecule has 0 spiro atoms. The second kappa shape index (κ2) is 9.84. The van der Waals surface area contributed by atoms with Crippen LogP contribution < -0.4 is 10.1 Å². The normalized spacial score (nSPS) is 10.7. The Morgan fingerprint density at radius 2 is 1.72 bits per heavy atom. The lowest BCUT2D eigenvalue weighted by Crippen LogP contribution is -2.28. The molecule has 0 aromatic heterocycles. The maximum atomic E-state index is 12.4. The quantitative estimate of drug-likeness (QED) is 0.753. The fourth-order valence-electron chi connectivity index (χ4n) is 2.70. The number of hydrogen-bond acceptors (Lipinski definition) is 3. The van der Waals surface area contributed by atoms with Crippen molar-refractivity contribution in [1.82, 2.24) is 4.90 Å². The van der Waals surface area contributed by atoms with Crippen LogP contribution in [0.1, 0.15) is 25.0 Å². The van der Waals surface area contributed by atoms with Crippen molar-refractivity contribution in [2.75, 3.05) is 31.6 Å². The number of aryl methyl sites for hydroxylation is 1. The Bertz CT molecular complexity index is 681. The summed E-state index contributed by atoms with van der Waals surface area (Å²) < 4.78 is 5.89. The van der Waals surface area contributed by atoms with Gasteiger partial charge in [0.15, 0.2) is 0 Å². The molecule has 1 amide bonds. The lowest BCUT2D eigenvalue weighted by atomic mass is 10.1. The smallest absolute Gasteiger partial charge is 0.228 e. The molecule has 4 nitrogen and oxygen atoms in total. The van der Waals surface area contributed by atoms with Crippen LogP contribution in [-0.4, -0.2) is 37.0 Å². The number of rotatable bonds is 9. The number of amides is 1. The van der Waals surface area contributed by atoms with Crippen LogP contribution in [0.2, 0.25) is 0 Å². The van der Waals surface area contributed by atoms with Gasteiger partial charge in [-0.2, -0.15) is 0 Å². The average molecular weight is 340 g/mol. The number of nitrogens with one attached hydrogen (secondary N) is 1. The molecule has 2 aromatic rings. The Morgan fingerprint density at radius 3 is 2.44 bits per heavy atom. The van der Waals surface area contributed by atoms with Gasteiger partial charge in [0.2, 0.25) is 5.91 Å². The van der Waals surface area contributed by atoms with Gasteiger partial charge < -0.3 is 15.0 Å². The van der Waals surface area contributed by atoms with Crippen molar-refractivity contribution >= 4 is 11.6 Å². The topological polar surface area (TPSA) is 41.6 Å². The van der Waals surface area contributed by atoms with Gasteiger partial charge in [0.05, 0.1) is 12.1 Å². The monoisotopic (exact) mass is 340 g/mol. The Morgan fingerprint density at radius 1 is 1.04 bits per heavy atom. The fraction of sp³-hybridized carbons (Fsp3) is 0.381. The van der Waals surface area contributed by atoms with Crippen LogP contribution in [0.5, 0.6) is 5.75 Å². The molecule has 0 saturated heterocycles. The molecule has 1 N–H and O–H groups in total. The highest BCUT2D eigenvalue weighted by molar-refractivity contribution is 5.93. The Kier molecular flexibility index (Phi) is 7.48. The largest absolute Gasteiger partial charge is 0.490 e. The van der Waals surface area contributed by atoms with E-state index in [-0.39, 0.29) is 5.91 Å². The van der Waals surface area contributed by atoms with Crippen molar-refractivity contribution in [2.24, 2.45) is 0 Å². The molecule has 0 aliphatic carbocycles. The minimum absolute atomic E-state index is 0.0332. The third-order valence-corrected chi connectivity index (χ3v) is 4.33. The molecule has 0 unspecified atom stereocenters. The molecule has 0 saturated carbocycles. The first-order valence-corrected chi connectivity index (χ1v) is 8.92. The molecule has 2 aromatic carbocycles. The first-order valence-electron chi connectivity index (χ1n) is 8.92. The lowest BCUT2D eigenvalue weighted by Gasteiger charge is -2.19. The molecule has 0 radical (unpaired) electrons. The summed E-state index contributed by atoms with van der Waals surface area (Å²) in [6.07, 6.45) is 0.362. The minimum Gasteiger partial charge on any atom is -0.490 e. The summed E-state index contributed by atoms with van der Waals surface area (Å²) in [5, 5.41) is 2.97. The zero-order chi connectivity index (χ0) is 18.1. The number of anilines is 1. The molecule has 0 fully saturated rings. The Hall–Kier alpha value is -2.33. The maximum absolute atomic E-state index is 12.4. The van der Waals surface area contributed by atoms with E-state index < -0.39 is 0 Å². The van der Waals surface area contributed by atoms with Gasteiger partial charge in [-0.25, -0.2) is 0 Å². The summed E-state index contributed by atoms with van der Waals surface area (Å²) in [6, 6.07) is 15.5. The van der Waals surface area contributed by atoms with Gasteiger partial charge in [-0.15, -0.1) is 0 Å². The molecule has 4 heteroatoms. The van der Waals surface area contributed by atoms with E-state index in [4.69, 9.17) is 4.74 Å². The zero-order valence-electron chi connectivity index (χ0n) is 15.4. The van der Waals surface area contributed by atoms with Gasteiger partial charge in [-0.05, 0) is 43.3 Å². The molecular weight excluding hydrogens is 312 g/mol. The van der Waals surface area contributed by atoms with E-state index in [0.29, 0.717) is 18.8 Å². The highest BCUT2D eigenvalue weighted by atomic mass is 16.5. The highest BCUT2D eigenvalue weighted by Crippen LogP contribution is 2.24.